The Morgan fingerprint density at radius 1 is 1.41 bits per heavy atom. The summed E-state index contributed by atoms with van der Waals surface area (Å²) in [4.78, 5) is 13.8. The summed E-state index contributed by atoms with van der Waals surface area (Å²) >= 11 is 0. The van der Waals surface area contributed by atoms with Crippen molar-refractivity contribution >= 4 is 5.91 Å². The van der Waals surface area contributed by atoms with E-state index in [9.17, 15) is 9.90 Å². The predicted molar refractivity (Wildman–Crippen MR) is 64.5 cm³/mol. The van der Waals surface area contributed by atoms with E-state index in [-0.39, 0.29) is 11.8 Å². The molecule has 0 saturated carbocycles. The van der Waals surface area contributed by atoms with E-state index in [2.05, 4.69) is 12.2 Å². The number of rotatable bonds is 3. The number of ether oxygens (including phenoxy) is 1. The largest absolute Gasteiger partial charge is 0.388 e. The van der Waals surface area contributed by atoms with Gasteiger partial charge in [-0.15, -0.1) is 0 Å². The zero-order chi connectivity index (χ0) is 12.3. The summed E-state index contributed by atoms with van der Waals surface area (Å²) in [5.41, 5.74) is -0.755. The molecule has 0 unspecified atom stereocenters. The van der Waals surface area contributed by atoms with Crippen molar-refractivity contribution in [3.8, 4) is 0 Å². The first-order valence-electron chi connectivity index (χ1n) is 6.31. The molecule has 0 atom stereocenters. The van der Waals surface area contributed by atoms with Crippen LogP contribution in [0.25, 0.3) is 0 Å². The van der Waals surface area contributed by atoms with Gasteiger partial charge in [0.05, 0.1) is 5.60 Å². The van der Waals surface area contributed by atoms with Crippen LogP contribution in [-0.2, 0) is 9.53 Å². The highest BCUT2D eigenvalue weighted by Crippen LogP contribution is 2.24. The Hall–Kier alpha value is -0.870. The maximum Gasteiger partial charge on any atom is 0.226 e. The Morgan fingerprint density at radius 3 is 2.59 bits per heavy atom. The minimum atomic E-state index is -0.755. The molecule has 1 aliphatic carbocycles. The molecule has 4 nitrogen and oxygen atoms in total. The van der Waals surface area contributed by atoms with E-state index in [1.807, 2.05) is 0 Å². The number of hydrogen-bond acceptors (Lipinski definition) is 3. The third kappa shape index (κ3) is 3.07. The molecule has 1 fully saturated rings. The number of likely N-dealkylation sites (N-methyl/N-ethyl adjacent to an activating group) is 1. The quantitative estimate of drug-likeness (QED) is 0.746. The molecule has 17 heavy (non-hydrogen) atoms. The Labute approximate surface area is 102 Å². The van der Waals surface area contributed by atoms with Gasteiger partial charge in [0.1, 0.15) is 0 Å². The van der Waals surface area contributed by atoms with Gasteiger partial charge in [-0.3, -0.25) is 4.79 Å². The van der Waals surface area contributed by atoms with Gasteiger partial charge in [0.25, 0.3) is 0 Å². The van der Waals surface area contributed by atoms with Crippen molar-refractivity contribution in [1.29, 1.82) is 0 Å². The van der Waals surface area contributed by atoms with E-state index in [0.29, 0.717) is 32.6 Å². The molecule has 1 aliphatic heterocycles. The molecule has 0 bridgehead atoms. The minimum absolute atomic E-state index is 0.0865. The molecule has 0 spiro atoms. The Bertz CT molecular complexity index is 300. The lowest BCUT2D eigenvalue weighted by Crippen LogP contribution is -2.48. The SMILES string of the molecule is CN(CC1(O)CCOCC1)C(=O)C1CC=CC1. The van der Waals surface area contributed by atoms with Gasteiger partial charge in [-0.1, -0.05) is 12.2 Å². The molecule has 2 aliphatic rings. The zero-order valence-electron chi connectivity index (χ0n) is 10.4. The second kappa shape index (κ2) is 5.19. The van der Waals surface area contributed by atoms with Gasteiger partial charge >= 0.3 is 0 Å². The highest BCUT2D eigenvalue weighted by molar-refractivity contribution is 5.79. The number of aliphatic hydroxyl groups is 1. The van der Waals surface area contributed by atoms with Gasteiger partial charge < -0.3 is 14.7 Å². The van der Waals surface area contributed by atoms with Crippen molar-refractivity contribution in [3.05, 3.63) is 12.2 Å². The van der Waals surface area contributed by atoms with Crippen LogP contribution in [0.15, 0.2) is 12.2 Å². The normalized spacial score (nSPS) is 23.9. The third-order valence-corrected chi connectivity index (χ3v) is 3.69. The zero-order valence-corrected chi connectivity index (χ0v) is 10.4. The summed E-state index contributed by atoms with van der Waals surface area (Å²) in [7, 11) is 1.79. The lowest BCUT2D eigenvalue weighted by molar-refractivity contribution is -0.140. The predicted octanol–water partition coefficient (Wildman–Crippen LogP) is 0.952. The molecule has 0 radical (unpaired) electrons. The summed E-state index contributed by atoms with van der Waals surface area (Å²) in [5, 5.41) is 10.3. The van der Waals surface area contributed by atoms with Crippen LogP contribution in [0.1, 0.15) is 25.7 Å². The molecule has 0 aromatic rings. The van der Waals surface area contributed by atoms with Crippen LogP contribution in [-0.4, -0.2) is 48.3 Å². The van der Waals surface area contributed by atoms with E-state index in [4.69, 9.17) is 4.74 Å². The smallest absolute Gasteiger partial charge is 0.226 e. The average molecular weight is 239 g/mol. The number of carbonyl (C=O) groups excluding carboxylic acids is 1. The van der Waals surface area contributed by atoms with E-state index in [1.54, 1.807) is 11.9 Å². The Morgan fingerprint density at radius 2 is 2.00 bits per heavy atom. The van der Waals surface area contributed by atoms with Crippen molar-refractivity contribution < 1.29 is 14.6 Å². The Kier molecular flexibility index (Phi) is 3.84. The fourth-order valence-electron chi connectivity index (χ4n) is 2.56. The van der Waals surface area contributed by atoms with Gasteiger partial charge in [-0.05, 0) is 12.8 Å². The van der Waals surface area contributed by atoms with Crippen LogP contribution in [0.5, 0.6) is 0 Å². The first-order valence-corrected chi connectivity index (χ1v) is 6.31. The van der Waals surface area contributed by atoms with Gasteiger partial charge in [0, 0.05) is 45.6 Å². The van der Waals surface area contributed by atoms with Gasteiger partial charge in [-0.2, -0.15) is 0 Å². The van der Waals surface area contributed by atoms with Crippen molar-refractivity contribution in [2.75, 3.05) is 26.8 Å². The molecule has 2 rings (SSSR count). The molecule has 1 saturated heterocycles. The summed E-state index contributed by atoms with van der Waals surface area (Å²) < 4.78 is 5.23. The molecule has 0 aromatic carbocycles. The lowest BCUT2D eigenvalue weighted by Gasteiger charge is -2.36. The maximum atomic E-state index is 12.1. The number of allylic oxidation sites excluding steroid dienone is 2. The average Bonchev–Trinajstić information content (AvgIpc) is 2.81. The molecule has 1 amide bonds. The maximum absolute atomic E-state index is 12.1. The summed E-state index contributed by atoms with van der Waals surface area (Å²) in [5.74, 6) is 0.235. The lowest BCUT2D eigenvalue weighted by atomic mass is 9.93. The molecule has 4 heteroatoms. The molecule has 96 valence electrons. The topological polar surface area (TPSA) is 49.8 Å². The first kappa shape index (κ1) is 12.6. The van der Waals surface area contributed by atoms with Crippen LogP contribution in [0, 0.1) is 5.92 Å². The number of carbonyl (C=O) groups is 1. The standard InChI is InChI=1S/C13H21NO3/c1-14(12(15)11-4-2-3-5-11)10-13(16)6-8-17-9-7-13/h2-3,11,16H,4-10H2,1H3. The molecule has 1 N–H and O–H groups in total. The first-order chi connectivity index (χ1) is 8.11. The minimum Gasteiger partial charge on any atom is -0.388 e. The highest BCUT2D eigenvalue weighted by atomic mass is 16.5. The molecule has 1 heterocycles. The Balaban J connectivity index is 1.86. The summed E-state index contributed by atoms with van der Waals surface area (Å²) in [6.45, 7) is 1.60. The third-order valence-electron chi connectivity index (χ3n) is 3.69. The number of nitrogens with zero attached hydrogens (tertiary/aromatic N) is 1. The van der Waals surface area contributed by atoms with Crippen molar-refractivity contribution in [1.82, 2.24) is 4.90 Å². The molecular weight excluding hydrogens is 218 g/mol. The number of amides is 1. The van der Waals surface area contributed by atoms with E-state index in [1.165, 1.54) is 0 Å². The molecule has 0 aromatic heterocycles. The van der Waals surface area contributed by atoms with Crippen molar-refractivity contribution in [2.45, 2.75) is 31.3 Å². The van der Waals surface area contributed by atoms with E-state index >= 15 is 0 Å². The van der Waals surface area contributed by atoms with Crippen LogP contribution in [0.3, 0.4) is 0 Å². The van der Waals surface area contributed by atoms with Gasteiger partial charge in [0.15, 0.2) is 0 Å². The summed E-state index contributed by atoms with van der Waals surface area (Å²) in [6.07, 6.45) is 7.02. The van der Waals surface area contributed by atoms with Crippen LogP contribution >= 0.6 is 0 Å². The fraction of sp³-hybridized carbons (Fsp3) is 0.769. The van der Waals surface area contributed by atoms with Crippen LogP contribution in [0.2, 0.25) is 0 Å². The fourth-order valence-corrected chi connectivity index (χ4v) is 2.56. The second-order valence-electron chi connectivity index (χ2n) is 5.17. The summed E-state index contributed by atoms with van der Waals surface area (Å²) in [6, 6.07) is 0. The van der Waals surface area contributed by atoms with Crippen LogP contribution < -0.4 is 0 Å². The van der Waals surface area contributed by atoms with Crippen molar-refractivity contribution in [2.24, 2.45) is 5.92 Å². The van der Waals surface area contributed by atoms with Gasteiger partial charge in [-0.25, -0.2) is 0 Å². The van der Waals surface area contributed by atoms with Crippen LogP contribution in [0.4, 0.5) is 0 Å². The molecular formula is C13H21NO3. The monoisotopic (exact) mass is 239 g/mol. The van der Waals surface area contributed by atoms with E-state index in [0.717, 1.165) is 12.8 Å². The second-order valence-corrected chi connectivity index (χ2v) is 5.17. The number of hydrogen-bond donors (Lipinski definition) is 1. The highest BCUT2D eigenvalue weighted by Gasteiger charge is 2.33. The van der Waals surface area contributed by atoms with Crippen molar-refractivity contribution in [3.63, 3.8) is 0 Å². The van der Waals surface area contributed by atoms with E-state index < -0.39 is 5.60 Å². The van der Waals surface area contributed by atoms with Gasteiger partial charge in [0.2, 0.25) is 5.91 Å².